The summed E-state index contributed by atoms with van der Waals surface area (Å²) in [6.45, 7) is 3.55. The molecular formula is C17H21ClO3. The van der Waals surface area contributed by atoms with Crippen molar-refractivity contribution in [2.45, 2.75) is 38.2 Å². The summed E-state index contributed by atoms with van der Waals surface area (Å²) in [4.78, 5) is 12.3. The normalized spacial score (nSPS) is 27.1. The van der Waals surface area contributed by atoms with Gasteiger partial charge in [0.15, 0.2) is 0 Å². The van der Waals surface area contributed by atoms with Crippen molar-refractivity contribution in [2.75, 3.05) is 13.2 Å². The van der Waals surface area contributed by atoms with Gasteiger partial charge in [-0.25, -0.2) is 0 Å². The minimum atomic E-state index is -0.0705. The first-order valence-electron chi connectivity index (χ1n) is 7.69. The van der Waals surface area contributed by atoms with Crippen LogP contribution in [0.1, 0.15) is 37.7 Å². The number of halogens is 1. The molecule has 1 aromatic rings. The van der Waals surface area contributed by atoms with Gasteiger partial charge in [0.05, 0.1) is 5.92 Å². The molecule has 2 fully saturated rings. The molecule has 1 saturated carbocycles. The number of carbonyl (C=O) groups excluding carboxylic acids is 1. The summed E-state index contributed by atoms with van der Waals surface area (Å²) in [7, 11) is 0. The molecule has 0 N–H and O–H groups in total. The standard InChI is InChI=1S/C17H21ClO3/c1-11(12-6-8-20-9-7-12)21-17(19)15-10-14(15)13-4-2-3-5-16(13)18/h2-5,11-12,14-15H,6-10H2,1H3/t11-,14-,15+/m0/s1. The van der Waals surface area contributed by atoms with Crippen LogP contribution in [0.3, 0.4) is 0 Å². The van der Waals surface area contributed by atoms with Crippen molar-refractivity contribution >= 4 is 17.6 Å². The van der Waals surface area contributed by atoms with Gasteiger partial charge in [0.1, 0.15) is 6.10 Å². The fraction of sp³-hybridized carbons (Fsp3) is 0.588. The van der Waals surface area contributed by atoms with E-state index in [9.17, 15) is 4.79 Å². The molecule has 1 aliphatic heterocycles. The molecule has 1 saturated heterocycles. The molecule has 0 aromatic heterocycles. The number of hydrogen-bond acceptors (Lipinski definition) is 3. The number of carbonyl (C=O) groups is 1. The largest absolute Gasteiger partial charge is 0.462 e. The van der Waals surface area contributed by atoms with E-state index < -0.39 is 0 Å². The van der Waals surface area contributed by atoms with Crippen LogP contribution in [0.25, 0.3) is 0 Å². The summed E-state index contributed by atoms with van der Waals surface area (Å²) in [5, 5.41) is 0.746. The summed E-state index contributed by atoms with van der Waals surface area (Å²) in [5.41, 5.74) is 1.07. The highest BCUT2D eigenvalue weighted by molar-refractivity contribution is 6.31. The first kappa shape index (κ1) is 14.9. The van der Waals surface area contributed by atoms with Gasteiger partial charge in [-0.05, 0) is 43.7 Å². The van der Waals surface area contributed by atoms with Crippen molar-refractivity contribution in [3.8, 4) is 0 Å². The molecule has 0 bridgehead atoms. The molecule has 3 atom stereocenters. The molecule has 114 valence electrons. The van der Waals surface area contributed by atoms with Gasteiger partial charge in [-0.2, -0.15) is 0 Å². The van der Waals surface area contributed by atoms with Gasteiger partial charge in [-0.15, -0.1) is 0 Å². The topological polar surface area (TPSA) is 35.5 Å². The van der Waals surface area contributed by atoms with Gasteiger partial charge in [-0.3, -0.25) is 4.79 Å². The van der Waals surface area contributed by atoms with Crippen molar-refractivity contribution in [1.29, 1.82) is 0 Å². The average Bonchev–Trinajstić information content (AvgIpc) is 3.29. The highest BCUT2D eigenvalue weighted by Gasteiger charge is 2.46. The molecule has 0 radical (unpaired) electrons. The van der Waals surface area contributed by atoms with Crippen LogP contribution in [0, 0.1) is 11.8 Å². The Morgan fingerprint density at radius 1 is 1.33 bits per heavy atom. The highest BCUT2D eigenvalue weighted by Crippen LogP contribution is 2.50. The number of ether oxygens (including phenoxy) is 2. The van der Waals surface area contributed by atoms with E-state index in [1.165, 1.54) is 0 Å². The van der Waals surface area contributed by atoms with Crippen LogP contribution in [-0.4, -0.2) is 25.3 Å². The first-order valence-corrected chi connectivity index (χ1v) is 8.07. The lowest BCUT2D eigenvalue weighted by atomic mass is 9.95. The van der Waals surface area contributed by atoms with Crippen LogP contribution in [0.4, 0.5) is 0 Å². The van der Waals surface area contributed by atoms with Gasteiger partial charge in [-0.1, -0.05) is 29.8 Å². The SMILES string of the molecule is C[C@H](OC(=O)[C@@H]1C[C@H]1c1ccccc1Cl)C1CCOCC1. The zero-order valence-electron chi connectivity index (χ0n) is 12.3. The molecule has 3 rings (SSSR count). The Bertz CT molecular complexity index is 511. The lowest BCUT2D eigenvalue weighted by Crippen LogP contribution is -2.29. The second kappa shape index (κ2) is 6.37. The van der Waals surface area contributed by atoms with E-state index in [4.69, 9.17) is 21.1 Å². The molecule has 21 heavy (non-hydrogen) atoms. The quantitative estimate of drug-likeness (QED) is 0.794. The van der Waals surface area contributed by atoms with Crippen molar-refractivity contribution in [1.82, 2.24) is 0 Å². The van der Waals surface area contributed by atoms with Crippen LogP contribution in [0.2, 0.25) is 5.02 Å². The molecule has 4 heteroatoms. The summed E-state index contributed by atoms with van der Waals surface area (Å²) < 4.78 is 11.0. The third kappa shape index (κ3) is 3.41. The number of rotatable bonds is 4. The minimum Gasteiger partial charge on any atom is -0.462 e. The fourth-order valence-corrected chi connectivity index (χ4v) is 3.40. The zero-order valence-corrected chi connectivity index (χ0v) is 13.0. The predicted octanol–water partition coefficient (Wildman–Crippen LogP) is 3.80. The molecule has 0 spiro atoms. The Morgan fingerprint density at radius 2 is 2.05 bits per heavy atom. The Kier molecular flexibility index (Phi) is 4.51. The van der Waals surface area contributed by atoms with Gasteiger partial charge < -0.3 is 9.47 Å². The molecule has 0 unspecified atom stereocenters. The Morgan fingerprint density at radius 3 is 2.76 bits per heavy atom. The first-order chi connectivity index (χ1) is 10.2. The Hall–Kier alpha value is -1.06. The van der Waals surface area contributed by atoms with Crippen LogP contribution < -0.4 is 0 Å². The Labute approximate surface area is 130 Å². The van der Waals surface area contributed by atoms with E-state index in [1.807, 2.05) is 31.2 Å². The summed E-state index contributed by atoms with van der Waals surface area (Å²) in [6.07, 6.45) is 2.79. The smallest absolute Gasteiger partial charge is 0.309 e. The lowest BCUT2D eigenvalue weighted by Gasteiger charge is -2.27. The molecule has 0 amide bonds. The summed E-state index contributed by atoms with van der Waals surface area (Å²) >= 11 is 6.19. The second-order valence-corrected chi connectivity index (χ2v) is 6.47. The van der Waals surface area contributed by atoms with Crippen LogP contribution in [-0.2, 0) is 14.3 Å². The summed E-state index contributed by atoms with van der Waals surface area (Å²) in [5.74, 6) is 0.569. The maximum atomic E-state index is 12.3. The number of hydrogen-bond donors (Lipinski definition) is 0. The molecule has 3 nitrogen and oxygen atoms in total. The van der Waals surface area contributed by atoms with Crippen LogP contribution in [0.5, 0.6) is 0 Å². The van der Waals surface area contributed by atoms with Crippen molar-refractivity contribution < 1.29 is 14.3 Å². The van der Waals surface area contributed by atoms with E-state index in [0.717, 1.165) is 43.1 Å². The monoisotopic (exact) mass is 308 g/mol. The lowest BCUT2D eigenvalue weighted by molar-refractivity contribution is -0.154. The maximum absolute atomic E-state index is 12.3. The van der Waals surface area contributed by atoms with Crippen molar-refractivity contribution in [2.24, 2.45) is 11.8 Å². The number of esters is 1. The Balaban J connectivity index is 1.54. The van der Waals surface area contributed by atoms with E-state index in [0.29, 0.717) is 5.92 Å². The van der Waals surface area contributed by atoms with E-state index in [-0.39, 0.29) is 23.9 Å². The van der Waals surface area contributed by atoms with Gasteiger partial charge in [0.2, 0.25) is 0 Å². The zero-order chi connectivity index (χ0) is 14.8. The molecule has 2 aliphatic rings. The van der Waals surface area contributed by atoms with E-state index in [1.54, 1.807) is 0 Å². The predicted molar refractivity (Wildman–Crippen MR) is 81.4 cm³/mol. The third-order valence-electron chi connectivity index (χ3n) is 4.63. The molecule has 1 aliphatic carbocycles. The molecule has 1 aromatic carbocycles. The van der Waals surface area contributed by atoms with Crippen molar-refractivity contribution in [3.05, 3.63) is 34.9 Å². The van der Waals surface area contributed by atoms with Gasteiger partial charge >= 0.3 is 5.97 Å². The van der Waals surface area contributed by atoms with Gasteiger partial charge in [0.25, 0.3) is 0 Å². The van der Waals surface area contributed by atoms with Crippen molar-refractivity contribution in [3.63, 3.8) is 0 Å². The van der Waals surface area contributed by atoms with E-state index in [2.05, 4.69) is 0 Å². The average molecular weight is 309 g/mol. The molecule has 1 heterocycles. The summed E-state index contributed by atoms with van der Waals surface area (Å²) in [6, 6.07) is 7.76. The highest BCUT2D eigenvalue weighted by atomic mass is 35.5. The van der Waals surface area contributed by atoms with Gasteiger partial charge in [0, 0.05) is 24.2 Å². The minimum absolute atomic E-state index is 0.0195. The molecular weight excluding hydrogens is 288 g/mol. The fourth-order valence-electron chi connectivity index (χ4n) is 3.13. The van der Waals surface area contributed by atoms with Crippen LogP contribution in [0.15, 0.2) is 24.3 Å². The number of benzene rings is 1. The van der Waals surface area contributed by atoms with E-state index >= 15 is 0 Å². The second-order valence-electron chi connectivity index (χ2n) is 6.06. The third-order valence-corrected chi connectivity index (χ3v) is 4.97. The maximum Gasteiger partial charge on any atom is 0.309 e. The van der Waals surface area contributed by atoms with Crippen LogP contribution >= 0.6 is 11.6 Å².